The van der Waals surface area contributed by atoms with E-state index in [1.807, 2.05) is 23.1 Å². The maximum atomic E-state index is 13.9. The number of para-hydroxylation sites is 1. The lowest BCUT2D eigenvalue weighted by Crippen LogP contribution is -2.51. The van der Waals surface area contributed by atoms with Gasteiger partial charge in [-0.05, 0) is 49.1 Å². The maximum absolute atomic E-state index is 13.9. The standard InChI is InChI=1S/C32H46ClN5O2/c1-23(2)19-38(31(39)13-14-34)20-26-7-5-6-8-30(26)35-15-17-36(18-16-35)32(40)29-22-37(24(3)4)21-28(29)25-9-11-27(33)12-10-25/h5-12,23-24,28-29H,13-22,34H2,1-4H3/t28-,29+/m0/s1. The second-order valence-corrected chi connectivity index (χ2v) is 12.4. The molecule has 7 nitrogen and oxygen atoms in total. The number of hydrogen-bond acceptors (Lipinski definition) is 5. The Hall–Kier alpha value is -2.61. The highest BCUT2D eigenvalue weighted by atomic mass is 35.5. The van der Waals surface area contributed by atoms with Crippen molar-refractivity contribution < 1.29 is 9.59 Å². The Morgan fingerprint density at radius 3 is 2.27 bits per heavy atom. The van der Waals surface area contributed by atoms with E-state index < -0.39 is 0 Å². The summed E-state index contributed by atoms with van der Waals surface area (Å²) >= 11 is 6.16. The van der Waals surface area contributed by atoms with E-state index in [9.17, 15) is 9.59 Å². The van der Waals surface area contributed by atoms with Gasteiger partial charge in [-0.15, -0.1) is 0 Å². The fraction of sp³-hybridized carbons (Fsp3) is 0.562. The zero-order valence-corrected chi connectivity index (χ0v) is 25.3. The first-order valence-electron chi connectivity index (χ1n) is 14.8. The summed E-state index contributed by atoms with van der Waals surface area (Å²) in [6.45, 7) is 14.9. The van der Waals surface area contributed by atoms with Crippen LogP contribution in [0, 0.1) is 11.8 Å². The van der Waals surface area contributed by atoms with Gasteiger partial charge in [0.25, 0.3) is 0 Å². The molecular formula is C32H46ClN5O2. The summed E-state index contributed by atoms with van der Waals surface area (Å²) in [5.74, 6) is 0.849. The number of nitrogens with zero attached hydrogens (tertiary/aromatic N) is 4. The minimum absolute atomic E-state index is 0.0550. The van der Waals surface area contributed by atoms with Crippen LogP contribution in [0.1, 0.15) is 51.2 Å². The Bertz CT molecular complexity index is 1130. The Kier molecular flexibility index (Phi) is 10.5. The SMILES string of the molecule is CC(C)CN(Cc1ccccc1N1CCN(C(=O)[C@@H]2CN(C(C)C)C[C@H]2c2ccc(Cl)cc2)CC1)C(=O)CCN. The largest absolute Gasteiger partial charge is 0.368 e. The number of benzene rings is 2. The highest BCUT2D eigenvalue weighted by Gasteiger charge is 2.41. The first-order chi connectivity index (χ1) is 19.2. The summed E-state index contributed by atoms with van der Waals surface area (Å²) in [7, 11) is 0. The van der Waals surface area contributed by atoms with Crippen LogP contribution in [0.3, 0.4) is 0 Å². The van der Waals surface area contributed by atoms with Crippen LogP contribution in [-0.2, 0) is 16.1 Å². The number of likely N-dealkylation sites (tertiary alicyclic amines) is 1. The van der Waals surface area contributed by atoms with Crippen LogP contribution in [-0.4, -0.2) is 84.9 Å². The van der Waals surface area contributed by atoms with Crippen LogP contribution >= 0.6 is 11.6 Å². The molecule has 0 radical (unpaired) electrons. The summed E-state index contributed by atoms with van der Waals surface area (Å²) in [6.07, 6.45) is 0.363. The molecule has 40 heavy (non-hydrogen) atoms. The predicted molar refractivity (Wildman–Crippen MR) is 164 cm³/mol. The van der Waals surface area contributed by atoms with Gasteiger partial charge in [-0.1, -0.05) is 55.8 Å². The molecule has 2 aliphatic heterocycles. The molecule has 2 heterocycles. The van der Waals surface area contributed by atoms with Gasteiger partial charge in [0.05, 0.1) is 5.92 Å². The Labute approximate surface area is 245 Å². The van der Waals surface area contributed by atoms with Crippen molar-refractivity contribution in [3.8, 4) is 0 Å². The maximum Gasteiger partial charge on any atom is 0.227 e. The zero-order valence-electron chi connectivity index (χ0n) is 24.6. The molecule has 2 N–H and O–H groups in total. The van der Waals surface area contributed by atoms with E-state index in [0.717, 1.165) is 42.5 Å². The van der Waals surface area contributed by atoms with Gasteiger partial charge in [0, 0.05) is 88.0 Å². The summed E-state index contributed by atoms with van der Waals surface area (Å²) in [5, 5.41) is 0.720. The van der Waals surface area contributed by atoms with Gasteiger partial charge in [-0.3, -0.25) is 14.5 Å². The number of nitrogens with two attached hydrogens (primary N) is 1. The van der Waals surface area contributed by atoms with Gasteiger partial charge < -0.3 is 20.4 Å². The van der Waals surface area contributed by atoms with E-state index in [2.05, 4.69) is 72.7 Å². The van der Waals surface area contributed by atoms with Crippen molar-refractivity contribution in [3.05, 3.63) is 64.7 Å². The lowest BCUT2D eigenvalue weighted by Gasteiger charge is -2.39. The van der Waals surface area contributed by atoms with Crippen LogP contribution in [0.4, 0.5) is 5.69 Å². The molecule has 0 unspecified atom stereocenters. The third-order valence-corrected chi connectivity index (χ3v) is 8.53. The topological polar surface area (TPSA) is 73.1 Å². The second kappa shape index (κ2) is 13.8. The number of amides is 2. The molecule has 2 amide bonds. The normalized spacial score (nSPS) is 20.0. The number of hydrogen-bond donors (Lipinski definition) is 1. The lowest BCUT2D eigenvalue weighted by atomic mass is 9.88. The molecule has 0 spiro atoms. The quantitative estimate of drug-likeness (QED) is 0.459. The fourth-order valence-electron chi connectivity index (χ4n) is 6.09. The van der Waals surface area contributed by atoms with E-state index >= 15 is 0 Å². The molecule has 2 saturated heterocycles. The first-order valence-corrected chi connectivity index (χ1v) is 15.1. The Morgan fingerprint density at radius 2 is 1.65 bits per heavy atom. The molecule has 0 aromatic heterocycles. The average molecular weight is 568 g/mol. The van der Waals surface area contributed by atoms with E-state index in [1.165, 1.54) is 5.56 Å². The highest BCUT2D eigenvalue weighted by molar-refractivity contribution is 6.30. The lowest BCUT2D eigenvalue weighted by molar-refractivity contribution is -0.136. The zero-order chi connectivity index (χ0) is 28.8. The monoisotopic (exact) mass is 567 g/mol. The van der Waals surface area contributed by atoms with Crippen LogP contribution < -0.4 is 10.6 Å². The van der Waals surface area contributed by atoms with Crippen molar-refractivity contribution in [1.29, 1.82) is 0 Å². The average Bonchev–Trinajstić information content (AvgIpc) is 3.39. The van der Waals surface area contributed by atoms with E-state index in [-0.39, 0.29) is 23.7 Å². The summed E-state index contributed by atoms with van der Waals surface area (Å²) in [5.41, 5.74) is 9.17. The Morgan fingerprint density at radius 1 is 0.975 bits per heavy atom. The minimum Gasteiger partial charge on any atom is -0.368 e. The van der Waals surface area contributed by atoms with Crippen molar-refractivity contribution in [3.63, 3.8) is 0 Å². The molecule has 2 aliphatic rings. The van der Waals surface area contributed by atoms with Gasteiger partial charge >= 0.3 is 0 Å². The number of carbonyl (C=O) groups is 2. The van der Waals surface area contributed by atoms with E-state index in [1.54, 1.807) is 0 Å². The van der Waals surface area contributed by atoms with E-state index in [0.29, 0.717) is 51.1 Å². The molecule has 8 heteroatoms. The molecule has 218 valence electrons. The molecule has 2 atom stereocenters. The highest BCUT2D eigenvalue weighted by Crippen LogP contribution is 2.36. The summed E-state index contributed by atoms with van der Waals surface area (Å²) in [6, 6.07) is 16.8. The number of piperazine rings is 1. The van der Waals surface area contributed by atoms with Gasteiger partial charge in [-0.25, -0.2) is 0 Å². The number of carbonyl (C=O) groups excluding carboxylic acids is 2. The van der Waals surface area contributed by atoms with Crippen LogP contribution in [0.2, 0.25) is 5.02 Å². The van der Waals surface area contributed by atoms with Crippen LogP contribution in [0.15, 0.2) is 48.5 Å². The van der Waals surface area contributed by atoms with Crippen molar-refractivity contribution in [2.24, 2.45) is 17.6 Å². The van der Waals surface area contributed by atoms with E-state index in [4.69, 9.17) is 17.3 Å². The third-order valence-electron chi connectivity index (χ3n) is 8.28. The molecule has 2 fully saturated rings. The van der Waals surface area contributed by atoms with Gasteiger partial charge in [-0.2, -0.15) is 0 Å². The molecule has 2 aromatic rings. The predicted octanol–water partition coefficient (Wildman–Crippen LogP) is 4.45. The summed E-state index contributed by atoms with van der Waals surface area (Å²) in [4.78, 5) is 35.5. The van der Waals surface area contributed by atoms with Gasteiger partial charge in [0.2, 0.25) is 11.8 Å². The molecule has 4 rings (SSSR count). The number of halogens is 1. The molecule has 2 aromatic carbocycles. The summed E-state index contributed by atoms with van der Waals surface area (Å²) < 4.78 is 0. The smallest absolute Gasteiger partial charge is 0.227 e. The van der Waals surface area contributed by atoms with Gasteiger partial charge in [0.15, 0.2) is 0 Å². The van der Waals surface area contributed by atoms with Gasteiger partial charge in [0.1, 0.15) is 0 Å². The Balaban J connectivity index is 1.44. The first kappa shape index (κ1) is 30.4. The van der Waals surface area contributed by atoms with Crippen molar-refractivity contribution in [2.75, 3.05) is 57.3 Å². The molecular weight excluding hydrogens is 522 g/mol. The van der Waals surface area contributed by atoms with Crippen molar-refractivity contribution >= 4 is 29.1 Å². The fourth-order valence-corrected chi connectivity index (χ4v) is 6.22. The molecule has 0 bridgehead atoms. The van der Waals surface area contributed by atoms with Crippen molar-refractivity contribution in [1.82, 2.24) is 14.7 Å². The van der Waals surface area contributed by atoms with Crippen molar-refractivity contribution in [2.45, 2.75) is 52.6 Å². The molecule has 0 saturated carbocycles. The number of anilines is 1. The van der Waals surface area contributed by atoms with Crippen LogP contribution in [0.25, 0.3) is 0 Å². The minimum atomic E-state index is -0.0550. The number of rotatable bonds is 10. The third kappa shape index (κ3) is 7.36. The molecule has 0 aliphatic carbocycles. The second-order valence-electron chi connectivity index (χ2n) is 12.0. The van der Waals surface area contributed by atoms with Crippen LogP contribution in [0.5, 0.6) is 0 Å².